The van der Waals surface area contributed by atoms with Crippen molar-refractivity contribution in [2.75, 3.05) is 39.6 Å². The van der Waals surface area contributed by atoms with Gasteiger partial charge in [-0.05, 0) is 25.7 Å². The van der Waals surface area contributed by atoms with Crippen molar-refractivity contribution in [3.8, 4) is 0 Å². The molecule has 3 N–H and O–H groups in total. The standard InChI is InChI=1S/C72H140O17P2/c1-5-9-13-17-21-23-25-27-29-31-32-33-34-35-37-39-41-43-47-51-55-59-72(77)89-68(63-83-70(75)57-53-49-46-42-40-38-36-30-28-26-24-22-18-14-10-6-2)65-87-91(80,81)85-61-66(73)60-84-90(78,79)86-64-67(88-71(76)58-54-50-45-20-16-12-8-4)62-82-69(74)56-52-48-44-19-15-11-7-3/h66-68,73H,5-65H2,1-4H3,(H,78,79)(H,80,81)/t66-,67+,68+/m0/s1. The van der Waals surface area contributed by atoms with Gasteiger partial charge < -0.3 is 33.8 Å². The lowest BCUT2D eigenvalue weighted by atomic mass is 10.0. The molecule has 0 fully saturated rings. The van der Waals surface area contributed by atoms with E-state index in [0.717, 1.165) is 116 Å². The Morgan fingerprint density at radius 1 is 0.264 bits per heavy atom. The second-order valence-corrected chi connectivity index (χ2v) is 28.9. The molecule has 0 aromatic rings. The highest BCUT2D eigenvalue weighted by atomic mass is 31.2. The quantitative estimate of drug-likeness (QED) is 0.0222. The molecule has 0 radical (unpaired) electrons. The molecule has 5 atom stereocenters. The van der Waals surface area contributed by atoms with Crippen molar-refractivity contribution in [3.63, 3.8) is 0 Å². The van der Waals surface area contributed by atoms with Crippen LogP contribution in [-0.4, -0.2) is 96.7 Å². The molecule has 0 rings (SSSR count). The topological polar surface area (TPSA) is 237 Å². The van der Waals surface area contributed by atoms with Crippen molar-refractivity contribution in [2.24, 2.45) is 0 Å². The van der Waals surface area contributed by atoms with Gasteiger partial charge in [0.05, 0.1) is 26.4 Å². The molecular weight excluding hydrogens is 1200 g/mol. The van der Waals surface area contributed by atoms with E-state index in [1.807, 2.05) is 0 Å². The highest BCUT2D eigenvalue weighted by Gasteiger charge is 2.30. The summed E-state index contributed by atoms with van der Waals surface area (Å²) in [6.07, 6.45) is 56.0. The van der Waals surface area contributed by atoms with E-state index >= 15 is 0 Å². The summed E-state index contributed by atoms with van der Waals surface area (Å²) < 4.78 is 68.1. The Kier molecular flexibility index (Phi) is 65.2. The van der Waals surface area contributed by atoms with Crippen LogP contribution in [0.4, 0.5) is 0 Å². The minimum atomic E-state index is -4.95. The third kappa shape index (κ3) is 66.5. The second-order valence-electron chi connectivity index (χ2n) is 26.0. The number of hydrogen-bond acceptors (Lipinski definition) is 15. The molecule has 0 aromatic carbocycles. The zero-order valence-electron chi connectivity index (χ0n) is 58.8. The third-order valence-corrected chi connectivity index (χ3v) is 18.8. The van der Waals surface area contributed by atoms with E-state index in [0.29, 0.717) is 25.7 Å². The number of aliphatic hydroxyl groups excluding tert-OH is 1. The van der Waals surface area contributed by atoms with E-state index in [2.05, 4.69) is 27.7 Å². The predicted molar refractivity (Wildman–Crippen MR) is 368 cm³/mol. The van der Waals surface area contributed by atoms with E-state index in [1.54, 1.807) is 0 Å². The smallest absolute Gasteiger partial charge is 0.462 e. The van der Waals surface area contributed by atoms with Crippen LogP contribution in [-0.2, 0) is 65.4 Å². The number of aliphatic hydroxyl groups is 1. The van der Waals surface area contributed by atoms with Crippen molar-refractivity contribution in [3.05, 3.63) is 0 Å². The molecule has 0 aromatic heterocycles. The van der Waals surface area contributed by atoms with Crippen molar-refractivity contribution in [1.29, 1.82) is 0 Å². The molecule has 0 saturated carbocycles. The van der Waals surface area contributed by atoms with Crippen LogP contribution in [0, 0.1) is 0 Å². The van der Waals surface area contributed by atoms with E-state index in [1.165, 1.54) is 186 Å². The van der Waals surface area contributed by atoms with Gasteiger partial charge in [-0.25, -0.2) is 9.13 Å². The number of unbranched alkanes of at least 4 members (excludes halogenated alkanes) is 47. The van der Waals surface area contributed by atoms with E-state index in [9.17, 15) is 43.2 Å². The zero-order chi connectivity index (χ0) is 66.8. The van der Waals surface area contributed by atoms with Gasteiger partial charge >= 0.3 is 39.5 Å². The van der Waals surface area contributed by atoms with Gasteiger partial charge in [-0.15, -0.1) is 0 Å². The second kappa shape index (κ2) is 66.7. The van der Waals surface area contributed by atoms with E-state index in [4.69, 9.17) is 37.0 Å². The maximum atomic E-state index is 13.1. The molecule has 0 saturated heterocycles. The first kappa shape index (κ1) is 89.1. The lowest BCUT2D eigenvalue weighted by Gasteiger charge is -2.21. The Morgan fingerprint density at radius 2 is 0.440 bits per heavy atom. The van der Waals surface area contributed by atoms with Gasteiger partial charge in [-0.3, -0.25) is 37.3 Å². The van der Waals surface area contributed by atoms with Crippen LogP contribution in [0.25, 0.3) is 0 Å². The third-order valence-electron chi connectivity index (χ3n) is 16.9. The van der Waals surface area contributed by atoms with E-state index in [-0.39, 0.29) is 25.7 Å². The molecule has 19 heteroatoms. The molecule has 540 valence electrons. The fraction of sp³-hybridized carbons (Fsp3) is 0.944. The molecule has 91 heavy (non-hydrogen) atoms. The number of phosphoric acid groups is 2. The number of carbonyl (C=O) groups excluding carboxylic acids is 4. The average Bonchev–Trinajstić information content (AvgIpc) is 3.73. The summed E-state index contributed by atoms with van der Waals surface area (Å²) >= 11 is 0. The number of hydrogen-bond donors (Lipinski definition) is 3. The van der Waals surface area contributed by atoms with Gasteiger partial charge in [0.1, 0.15) is 19.3 Å². The van der Waals surface area contributed by atoms with Gasteiger partial charge in [0.15, 0.2) is 12.2 Å². The molecule has 0 aliphatic rings. The SMILES string of the molecule is CCCCCCCCCCCCCCCCCCCCCCCC(=O)O[C@H](COC(=O)CCCCCCCCCCCCCCCCCC)COP(=O)(O)OC[C@@H](O)COP(=O)(O)OC[C@@H](COC(=O)CCCCCCCCC)OC(=O)CCCCCCCCC. The van der Waals surface area contributed by atoms with Crippen LogP contribution in [0.1, 0.15) is 381 Å². The number of esters is 4. The lowest BCUT2D eigenvalue weighted by molar-refractivity contribution is -0.161. The summed E-state index contributed by atoms with van der Waals surface area (Å²) in [5, 5.41) is 10.6. The molecular formula is C72H140O17P2. The Balaban J connectivity index is 5.11. The lowest BCUT2D eigenvalue weighted by Crippen LogP contribution is -2.30. The Hall–Kier alpha value is -1.94. The maximum Gasteiger partial charge on any atom is 0.472 e. The first-order chi connectivity index (χ1) is 44.2. The summed E-state index contributed by atoms with van der Waals surface area (Å²) in [6, 6.07) is 0. The number of phosphoric ester groups is 2. The van der Waals surface area contributed by atoms with Crippen LogP contribution < -0.4 is 0 Å². The molecule has 0 spiro atoms. The molecule has 0 bridgehead atoms. The van der Waals surface area contributed by atoms with Crippen molar-refractivity contribution in [1.82, 2.24) is 0 Å². The zero-order valence-corrected chi connectivity index (χ0v) is 60.6. The highest BCUT2D eigenvalue weighted by molar-refractivity contribution is 7.47. The highest BCUT2D eigenvalue weighted by Crippen LogP contribution is 2.45. The predicted octanol–water partition coefficient (Wildman–Crippen LogP) is 21.1. The monoisotopic (exact) mass is 1340 g/mol. The van der Waals surface area contributed by atoms with Crippen LogP contribution in [0.3, 0.4) is 0 Å². The van der Waals surface area contributed by atoms with Crippen LogP contribution in [0.2, 0.25) is 0 Å². The van der Waals surface area contributed by atoms with Crippen molar-refractivity contribution >= 4 is 39.5 Å². The molecule has 0 aliphatic carbocycles. The van der Waals surface area contributed by atoms with Crippen molar-refractivity contribution < 1.29 is 80.2 Å². The summed E-state index contributed by atoms with van der Waals surface area (Å²) in [4.78, 5) is 72.3. The fourth-order valence-corrected chi connectivity index (χ4v) is 12.6. The van der Waals surface area contributed by atoms with Gasteiger partial charge in [0, 0.05) is 25.7 Å². The summed E-state index contributed by atoms with van der Waals surface area (Å²) in [5.41, 5.74) is 0. The number of ether oxygens (including phenoxy) is 4. The van der Waals surface area contributed by atoms with Crippen LogP contribution in [0.15, 0.2) is 0 Å². The first-order valence-electron chi connectivity index (χ1n) is 37.8. The fourth-order valence-electron chi connectivity index (χ4n) is 11.0. The minimum absolute atomic E-state index is 0.104. The van der Waals surface area contributed by atoms with Gasteiger partial charge in [0.25, 0.3) is 0 Å². The Labute approximate surface area is 556 Å². The first-order valence-corrected chi connectivity index (χ1v) is 40.8. The largest absolute Gasteiger partial charge is 0.472 e. The Morgan fingerprint density at radius 3 is 0.648 bits per heavy atom. The average molecular weight is 1340 g/mol. The van der Waals surface area contributed by atoms with Crippen LogP contribution in [0.5, 0.6) is 0 Å². The van der Waals surface area contributed by atoms with Crippen LogP contribution >= 0.6 is 15.6 Å². The summed E-state index contributed by atoms with van der Waals surface area (Å²) in [7, 11) is -9.89. The van der Waals surface area contributed by atoms with Crippen molar-refractivity contribution in [2.45, 2.75) is 399 Å². The van der Waals surface area contributed by atoms with Gasteiger partial charge in [0.2, 0.25) is 0 Å². The molecule has 0 heterocycles. The molecule has 2 unspecified atom stereocenters. The molecule has 0 amide bonds. The Bertz CT molecular complexity index is 1740. The molecule has 0 aliphatic heterocycles. The number of rotatable bonds is 73. The minimum Gasteiger partial charge on any atom is -0.462 e. The van der Waals surface area contributed by atoms with E-state index < -0.39 is 97.5 Å². The molecule has 17 nitrogen and oxygen atoms in total. The summed E-state index contributed by atoms with van der Waals surface area (Å²) in [6.45, 7) is 4.87. The normalized spacial score (nSPS) is 14.0. The van der Waals surface area contributed by atoms with Gasteiger partial charge in [-0.1, -0.05) is 329 Å². The maximum absolute atomic E-state index is 13.1. The number of carbonyl (C=O) groups is 4. The van der Waals surface area contributed by atoms with Gasteiger partial charge in [-0.2, -0.15) is 0 Å². The summed E-state index contributed by atoms with van der Waals surface area (Å²) in [5.74, 6) is -2.13.